The number of aromatic nitrogens is 2. The van der Waals surface area contributed by atoms with Gasteiger partial charge in [0.25, 0.3) is 0 Å². The lowest BCUT2D eigenvalue weighted by atomic mass is 10.1. The van der Waals surface area contributed by atoms with Crippen LogP contribution in [0.3, 0.4) is 0 Å². The molecule has 1 N–H and O–H groups in total. The summed E-state index contributed by atoms with van der Waals surface area (Å²) < 4.78 is 14.9. The Morgan fingerprint density at radius 3 is 2.94 bits per heavy atom. The van der Waals surface area contributed by atoms with Gasteiger partial charge in [-0.3, -0.25) is 4.68 Å². The molecule has 0 aliphatic rings. The van der Waals surface area contributed by atoms with Crippen LogP contribution < -0.4 is 0 Å². The summed E-state index contributed by atoms with van der Waals surface area (Å²) in [4.78, 5) is 0. The molecule has 0 radical (unpaired) electrons. The SMILES string of the molecule is CCCn1nccc1C(O)Cc1cccc(F)c1. The van der Waals surface area contributed by atoms with Crippen molar-refractivity contribution in [3.05, 3.63) is 53.6 Å². The van der Waals surface area contributed by atoms with Crippen molar-refractivity contribution in [3.8, 4) is 0 Å². The first-order valence-electron chi connectivity index (χ1n) is 6.15. The maximum Gasteiger partial charge on any atom is 0.123 e. The Morgan fingerprint density at radius 2 is 2.22 bits per heavy atom. The van der Waals surface area contributed by atoms with Gasteiger partial charge < -0.3 is 5.11 Å². The summed E-state index contributed by atoms with van der Waals surface area (Å²) in [6.07, 6.45) is 2.38. The van der Waals surface area contributed by atoms with Gasteiger partial charge in [0, 0.05) is 19.2 Å². The van der Waals surface area contributed by atoms with Gasteiger partial charge in [0.2, 0.25) is 0 Å². The van der Waals surface area contributed by atoms with E-state index in [0.29, 0.717) is 6.42 Å². The Morgan fingerprint density at radius 1 is 1.39 bits per heavy atom. The maximum atomic E-state index is 13.1. The lowest BCUT2D eigenvalue weighted by Crippen LogP contribution is -2.11. The van der Waals surface area contributed by atoms with E-state index < -0.39 is 6.10 Å². The Balaban J connectivity index is 2.11. The van der Waals surface area contributed by atoms with E-state index in [1.807, 2.05) is 6.07 Å². The van der Waals surface area contributed by atoms with E-state index in [9.17, 15) is 9.50 Å². The van der Waals surface area contributed by atoms with Crippen LogP contribution in [0.1, 0.15) is 30.7 Å². The van der Waals surface area contributed by atoms with Crippen LogP contribution in [0, 0.1) is 5.82 Å². The number of halogens is 1. The van der Waals surface area contributed by atoms with Crippen LogP contribution in [0.25, 0.3) is 0 Å². The fourth-order valence-electron chi connectivity index (χ4n) is 2.02. The second kappa shape index (κ2) is 5.78. The van der Waals surface area contributed by atoms with Crippen molar-refractivity contribution in [2.75, 3.05) is 0 Å². The monoisotopic (exact) mass is 248 g/mol. The van der Waals surface area contributed by atoms with Crippen LogP contribution >= 0.6 is 0 Å². The van der Waals surface area contributed by atoms with Gasteiger partial charge in [-0.2, -0.15) is 5.10 Å². The summed E-state index contributed by atoms with van der Waals surface area (Å²) >= 11 is 0. The number of nitrogens with zero attached hydrogens (tertiary/aromatic N) is 2. The molecule has 0 spiro atoms. The highest BCUT2D eigenvalue weighted by molar-refractivity contribution is 5.19. The molecule has 0 amide bonds. The third-order valence-corrected chi connectivity index (χ3v) is 2.84. The van der Waals surface area contributed by atoms with E-state index in [1.54, 1.807) is 23.0 Å². The molecule has 3 nitrogen and oxygen atoms in total. The van der Waals surface area contributed by atoms with Crippen LogP contribution in [0.4, 0.5) is 4.39 Å². The molecule has 96 valence electrons. The van der Waals surface area contributed by atoms with Crippen molar-refractivity contribution in [1.82, 2.24) is 9.78 Å². The van der Waals surface area contributed by atoms with Crippen molar-refractivity contribution in [1.29, 1.82) is 0 Å². The predicted molar refractivity (Wildman–Crippen MR) is 67.6 cm³/mol. The number of rotatable bonds is 5. The van der Waals surface area contributed by atoms with Gasteiger partial charge in [-0.1, -0.05) is 19.1 Å². The third kappa shape index (κ3) is 2.96. The smallest absolute Gasteiger partial charge is 0.123 e. The normalized spacial score (nSPS) is 12.6. The second-order valence-electron chi connectivity index (χ2n) is 4.33. The first-order valence-corrected chi connectivity index (χ1v) is 6.15. The minimum atomic E-state index is -0.652. The average Bonchev–Trinajstić information content (AvgIpc) is 2.78. The van der Waals surface area contributed by atoms with Crippen LogP contribution in [0.15, 0.2) is 36.5 Å². The van der Waals surface area contributed by atoms with E-state index >= 15 is 0 Å². The van der Waals surface area contributed by atoms with Crippen LogP contribution in [0.2, 0.25) is 0 Å². The molecule has 1 atom stereocenters. The Kier molecular flexibility index (Phi) is 4.10. The summed E-state index contributed by atoms with van der Waals surface area (Å²) in [7, 11) is 0. The van der Waals surface area contributed by atoms with E-state index in [4.69, 9.17) is 0 Å². The van der Waals surface area contributed by atoms with Gasteiger partial charge >= 0.3 is 0 Å². The van der Waals surface area contributed by atoms with Gasteiger partial charge in [-0.15, -0.1) is 0 Å². The van der Waals surface area contributed by atoms with Gasteiger partial charge in [0.05, 0.1) is 11.8 Å². The van der Waals surface area contributed by atoms with Crippen LogP contribution in [-0.4, -0.2) is 14.9 Å². The van der Waals surface area contributed by atoms with Crippen molar-refractivity contribution in [2.24, 2.45) is 0 Å². The molecule has 0 bridgehead atoms. The zero-order valence-corrected chi connectivity index (χ0v) is 10.4. The molecule has 2 aromatic rings. The Hall–Kier alpha value is -1.68. The summed E-state index contributed by atoms with van der Waals surface area (Å²) in [5.74, 6) is -0.276. The number of benzene rings is 1. The van der Waals surface area contributed by atoms with Crippen molar-refractivity contribution >= 4 is 0 Å². The van der Waals surface area contributed by atoms with E-state index in [0.717, 1.165) is 24.2 Å². The summed E-state index contributed by atoms with van der Waals surface area (Å²) in [5, 5.41) is 14.3. The number of aliphatic hydroxyl groups is 1. The Bertz CT molecular complexity index is 510. The molecule has 0 saturated carbocycles. The molecule has 1 unspecified atom stereocenters. The molecule has 1 aromatic carbocycles. The van der Waals surface area contributed by atoms with E-state index in [-0.39, 0.29) is 5.82 Å². The molecule has 1 heterocycles. The first kappa shape index (κ1) is 12.8. The predicted octanol–water partition coefficient (Wildman–Crippen LogP) is 2.71. The number of hydrogen-bond acceptors (Lipinski definition) is 2. The standard InChI is InChI=1S/C14H17FN2O/c1-2-8-17-13(6-7-16-17)14(18)10-11-4-3-5-12(15)9-11/h3-7,9,14,18H,2,8,10H2,1H3. The molecular formula is C14H17FN2O. The Labute approximate surface area is 106 Å². The molecular weight excluding hydrogens is 231 g/mol. The highest BCUT2D eigenvalue weighted by atomic mass is 19.1. The minimum Gasteiger partial charge on any atom is -0.386 e. The van der Waals surface area contributed by atoms with Gasteiger partial charge in [0.15, 0.2) is 0 Å². The molecule has 0 saturated heterocycles. The van der Waals surface area contributed by atoms with E-state index in [1.165, 1.54) is 12.1 Å². The van der Waals surface area contributed by atoms with Crippen molar-refractivity contribution in [2.45, 2.75) is 32.4 Å². The molecule has 0 aliphatic heterocycles. The molecule has 0 fully saturated rings. The lowest BCUT2D eigenvalue weighted by molar-refractivity contribution is 0.166. The minimum absolute atomic E-state index is 0.276. The highest BCUT2D eigenvalue weighted by Crippen LogP contribution is 2.18. The van der Waals surface area contributed by atoms with Crippen LogP contribution in [-0.2, 0) is 13.0 Å². The topological polar surface area (TPSA) is 38.0 Å². The lowest BCUT2D eigenvalue weighted by Gasteiger charge is -2.13. The number of aryl methyl sites for hydroxylation is 1. The van der Waals surface area contributed by atoms with Crippen LogP contribution in [0.5, 0.6) is 0 Å². The van der Waals surface area contributed by atoms with Gasteiger partial charge in [-0.05, 0) is 30.2 Å². The quantitative estimate of drug-likeness (QED) is 0.883. The average molecular weight is 248 g/mol. The molecule has 18 heavy (non-hydrogen) atoms. The number of aliphatic hydroxyl groups excluding tert-OH is 1. The van der Waals surface area contributed by atoms with E-state index in [2.05, 4.69) is 12.0 Å². The summed E-state index contributed by atoms with van der Waals surface area (Å²) in [5.41, 5.74) is 1.56. The molecule has 1 aromatic heterocycles. The maximum absolute atomic E-state index is 13.1. The van der Waals surface area contributed by atoms with Crippen molar-refractivity contribution < 1.29 is 9.50 Å². The fraction of sp³-hybridized carbons (Fsp3) is 0.357. The zero-order chi connectivity index (χ0) is 13.0. The van der Waals surface area contributed by atoms with Gasteiger partial charge in [-0.25, -0.2) is 4.39 Å². The summed E-state index contributed by atoms with van der Waals surface area (Å²) in [6.45, 7) is 2.84. The molecule has 4 heteroatoms. The third-order valence-electron chi connectivity index (χ3n) is 2.84. The zero-order valence-electron chi connectivity index (χ0n) is 10.4. The molecule has 2 rings (SSSR count). The largest absolute Gasteiger partial charge is 0.386 e. The first-order chi connectivity index (χ1) is 8.70. The van der Waals surface area contributed by atoms with Gasteiger partial charge in [0.1, 0.15) is 5.82 Å². The van der Waals surface area contributed by atoms with Crippen molar-refractivity contribution in [3.63, 3.8) is 0 Å². The summed E-state index contributed by atoms with van der Waals surface area (Å²) in [6, 6.07) is 8.12. The number of hydrogen-bond donors (Lipinski definition) is 1. The molecule has 0 aliphatic carbocycles. The fourth-order valence-corrected chi connectivity index (χ4v) is 2.02. The highest BCUT2D eigenvalue weighted by Gasteiger charge is 2.13. The second-order valence-corrected chi connectivity index (χ2v) is 4.33.